The standard InChI is InChI=1S/C15H17BrN2O2/c16-12-6-2-1-4-10(12)14(19)9-18-7-3-5-11-13(18)8-17-15(11)20/h1-2,4,6,11,13H,3,5,7-9H2,(H,17,20). The molecular formula is C15H17BrN2O2. The van der Waals surface area contributed by atoms with Crippen molar-refractivity contribution in [3.8, 4) is 0 Å². The van der Waals surface area contributed by atoms with Gasteiger partial charge in [0.2, 0.25) is 5.91 Å². The van der Waals surface area contributed by atoms with Crippen LogP contribution < -0.4 is 5.32 Å². The number of ketones is 1. The molecule has 1 aromatic rings. The second-order valence-electron chi connectivity index (χ2n) is 5.43. The molecule has 0 aliphatic carbocycles. The highest BCUT2D eigenvalue weighted by atomic mass is 79.9. The lowest BCUT2D eigenvalue weighted by Gasteiger charge is -2.35. The summed E-state index contributed by atoms with van der Waals surface area (Å²) in [6, 6.07) is 7.68. The third-order valence-electron chi connectivity index (χ3n) is 4.24. The van der Waals surface area contributed by atoms with Gasteiger partial charge in [-0.25, -0.2) is 0 Å². The first-order chi connectivity index (χ1) is 9.66. The fourth-order valence-electron chi connectivity index (χ4n) is 3.19. The Morgan fingerprint density at radius 3 is 3.00 bits per heavy atom. The van der Waals surface area contributed by atoms with Gasteiger partial charge in [0.1, 0.15) is 0 Å². The van der Waals surface area contributed by atoms with Crippen molar-refractivity contribution in [2.75, 3.05) is 19.6 Å². The average Bonchev–Trinajstić information content (AvgIpc) is 2.82. The topological polar surface area (TPSA) is 49.4 Å². The molecule has 1 N–H and O–H groups in total. The summed E-state index contributed by atoms with van der Waals surface area (Å²) >= 11 is 3.42. The molecule has 0 bridgehead atoms. The van der Waals surface area contributed by atoms with Crippen LogP contribution in [0.4, 0.5) is 0 Å². The van der Waals surface area contributed by atoms with E-state index in [0.29, 0.717) is 18.7 Å². The first-order valence-electron chi connectivity index (χ1n) is 6.96. The molecule has 2 unspecified atom stereocenters. The van der Waals surface area contributed by atoms with Crippen LogP contribution in [-0.2, 0) is 4.79 Å². The maximum absolute atomic E-state index is 12.4. The predicted molar refractivity (Wildman–Crippen MR) is 79.6 cm³/mol. The summed E-state index contributed by atoms with van der Waals surface area (Å²) in [4.78, 5) is 26.3. The Hall–Kier alpha value is -1.20. The second-order valence-corrected chi connectivity index (χ2v) is 6.29. The third kappa shape index (κ3) is 2.52. The minimum Gasteiger partial charge on any atom is -0.354 e. The van der Waals surface area contributed by atoms with Crippen molar-refractivity contribution in [1.29, 1.82) is 0 Å². The molecule has 106 valence electrons. The predicted octanol–water partition coefficient (Wildman–Crippen LogP) is 1.84. The van der Waals surface area contributed by atoms with Crippen molar-refractivity contribution in [3.05, 3.63) is 34.3 Å². The van der Waals surface area contributed by atoms with Crippen LogP contribution in [0.25, 0.3) is 0 Å². The smallest absolute Gasteiger partial charge is 0.224 e. The summed E-state index contributed by atoms with van der Waals surface area (Å²) < 4.78 is 0.833. The van der Waals surface area contributed by atoms with E-state index in [1.165, 1.54) is 0 Å². The Kier molecular flexibility index (Phi) is 3.89. The van der Waals surface area contributed by atoms with E-state index in [4.69, 9.17) is 0 Å². The van der Waals surface area contributed by atoms with Gasteiger partial charge in [0, 0.05) is 22.6 Å². The zero-order valence-electron chi connectivity index (χ0n) is 11.1. The Labute approximate surface area is 126 Å². The second kappa shape index (κ2) is 5.66. The number of fused-ring (bicyclic) bond motifs is 1. The lowest BCUT2D eigenvalue weighted by Crippen LogP contribution is -2.47. The molecular weight excluding hydrogens is 320 g/mol. The minimum absolute atomic E-state index is 0.0655. The average molecular weight is 337 g/mol. The van der Waals surface area contributed by atoms with Gasteiger partial charge >= 0.3 is 0 Å². The number of likely N-dealkylation sites (tertiary alicyclic amines) is 1. The summed E-state index contributed by atoms with van der Waals surface area (Å²) in [6.45, 7) is 1.96. The van der Waals surface area contributed by atoms with Crippen molar-refractivity contribution in [2.24, 2.45) is 5.92 Å². The molecule has 1 amide bonds. The van der Waals surface area contributed by atoms with Crippen LogP contribution in [0.15, 0.2) is 28.7 Å². The van der Waals surface area contributed by atoms with E-state index in [-0.39, 0.29) is 23.7 Å². The number of piperidine rings is 1. The van der Waals surface area contributed by atoms with Crippen molar-refractivity contribution < 1.29 is 9.59 Å². The van der Waals surface area contributed by atoms with E-state index in [1.54, 1.807) is 0 Å². The number of rotatable bonds is 3. The fourth-order valence-corrected chi connectivity index (χ4v) is 3.70. The quantitative estimate of drug-likeness (QED) is 0.857. The molecule has 0 saturated carbocycles. The molecule has 2 fully saturated rings. The van der Waals surface area contributed by atoms with Gasteiger partial charge in [0.15, 0.2) is 5.78 Å². The molecule has 2 aliphatic heterocycles. The summed E-state index contributed by atoms with van der Waals surface area (Å²) in [5.74, 6) is 0.321. The van der Waals surface area contributed by atoms with Crippen molar-refractivity contribution in [2.45, 2.75) is 18.9 Å². The highest BCUT2D eigenvalue weighted by molar-refractivity contribution is 9.10. The highest BCUT2D eigenvalue weighted by Gasteiger charge is 2.41. The van der Waals surface area contributed by atoms with Gasteiger partial charge in [-0.1, -0.05) is 34.1 Å². The molecule has 5 heteroatoms. The number of halogens is 1. The summed E-state index contributed by atoms with van der Waals surface area (Å²) in [7, 11) is 0. The van der Waals surface area contributed by atoms with E-state index in [2.05, 4.69) is 26.1 Å². The first-order valence-corrected chi connectivity index (χ1v) is 7.75. The van der Waals surface area contributed by atoms with E-state index in [1.807, 2.05) is 24.3 Å². The minimum atomic E-state index is 0.0655. The third-order valence-corrected chi connectivity index (χ3v) is 4.93. The van der Waals surface area contributed by atoms with Crippen LogP contribution in [0.1, 0.15) is 23.2 Å². The van der Waals surface area contributed by atoms with Gasteiger partial charge in [-0.2, -0.15) is 0 Å². The number of hydrogen-bond donors (Lipinski definition) is 1. The Morgan fingerprint density at radius 2 is 2.20 bits per heavy atom. The van der Waals surface area contributed by atoms with Gasteiger partial charge in [0.25, 0.3) is 0 Å². The van der Waals surface area contributed by atoms with Gasteiger partial charge in [-0.15, -0.1) is 0 Å². The highest BCUT2D eigenvalue weighted by Crippen LogP contribution is 2.27. The zero-order valence-corrected chi connectivity index (χ0v) is 12.7. The fraction of sp³-hybridized carbons (Fsp3) is 0.467. The Bertz CT molecular complexity index is 546. The number of carbonyl (C=O) groups is 2. The number of hydrogen-bond acceptors (Lipinski definition) is 3. The molecule has 2 atom stereocenters. The molecule has 3 rings (SSSR count). The molecule has 4 nitrogen and oxygen atoms in total. The van der Waals surface area contributed by atoms with Gasteiger partial charge in [-0.3, -0.25) is 14.5 Å². The Balaban J connectivity index is 1.73. The molecule has 1 aromatic carbocycles. The normalized spacial score (nSPS) is 26.1. The van der Waals surface area contributed by atoms with Gasteiger partial charge < -0.3 is 5.32 Å². The number of amides is 1. The van der Waals surface area contributed by atoms with Crippen LogP contribution in [0.5, 0.6) is 0 Å². The summed E-state index contributed by atoms with van der Waals surface area (Å²) in [5, 5.41) is 2.91. The van der Waals surface area contributed by atoms with E-state index < -0.39 is 0 Å². The number of Topliss-reactive ketones (excluding diaryl/α,β-unsaturated/α-hetero) is 1. The van der Waals surface area contributed by atoms with E-state index >= 15 is 0 Å². The van der Waals surface area contributed by atoms with Crippen molar-refractivity contribution in [3.63, 3.8) is 0 Å². The molecule has 2 saturated heterocycles. The maximum Gasteiger partial charge on any atom is 0.224 e. The van der Waals surface area contributed by atoms with Gasteiger partial charge in [0.05, 0.1) is 12.5 Å². The monoisotopic (exact) mass is 336 g/mol. The van der Waals surface area contributed by atoms with Crippen molar-refractivity contribution >= 4 is 27.6 Å². The summed E-state index contributed by atoms with van der Waals surface area (Å²) in [5.41, 5.74) is 0.715. The SMILES string of the molecule is O=C(CN1CCCC2C(=O)NCC21)c1ccccc1Br. The number of nitrogens with zero attached hydrogens (tertiary/aromatic N) is 1. The summed E-state index contributed by atoms with van der Waals surface area (Å²) in [6.07, 6.45) is 1.92. The lowest BCUT2D eigenvalue weighted by molar-refractivity contribution is -0.124. The zero-order chi connectivity index (χ0) is 14.1. The number of benzene rings is 1. The molecule has 2 heterocycles. The molecule has 2 aliphatic rings. The number of nitrogens with one attached hydrogen (secondary N) is 1. The van der Waals surface area contributed by atoms with Crippen LogP contribution in [-0.4, -0.2) is 42.3 Å². The molecule has 0 aromatic heterocycles. The van der Waals surface area contributed by atoms with Crippen LogP contribution in [0.2, 0.25) is 0 Å². The van der Waals surface area contributed by atoms with Gasteiger partial charge in [-0.05, 0) is 25.5 Å². The number of carbonyl (C=O) groups excluding carboxylic acids is 2. The van der Waals surface area contributed by atoms with E-state index in [9.17, 15) is 9.59 Å². The van der Waals surface area contributed by atoms with E-state index in [0.717, 1.165) is 23.9 Å². The molecule has 0 spiro atoms. The van der Waals surface area contributed by atoms with Crippen LogP contribution in [0.3, 0.4) is 0 Å². The largest absolute Gasteiger partial charge is 0.354 e. The maximum atomic E-state index is 12.4. The van der Waals surface area contributed by atoms with Crippen LogP contribution >= 0.6 is 15.9 Å². The Morgan fingerprint density at radius 1 is 1.40 bits per heavy atom. The first kappa shape index (κ1) is 13.8. The molecule has 0 radical (unpaired) electrons. The molecule has 20 heavy (non-hydrogen) atoms. The lowest BCUT2D eigenvalue weighted by atomic mass is 9.91. The van der Waals surface area contributed by atoms with Crippen LogP contribution in [0, 0.1) is 5.92 Å². The van der Waals surface area contributed by atoms with Crippen molar-refractivity contribution in [1.82, 2.24) is 10.2 Å².